The summed E-state index contributed by atoms with van der Waals surface area (Å²) >= 11 is 12.7. The Bertz CT molecular complexity index is 577. The summed E-state index contributed by atoms with van der Waals surface area (Å²) in [4.78, 5) is 0. The monoisotopic (exact) mass is 311 g/mol. The molecule has 0 saturated heterocycles. The summed E-state index contributed by atoms with van der Waals surface area (Å²) in [7, 11) is 0. The van der Waals surface area contributed by atoms with Crippen LogP contribution in [0.5, 0.6) is 0 Å². The number of hydrogen-bond donors (Lipinski definition) is 1. The molecule has 1 unspecified atom stereocenters. The lowest BCUT2D eigenvalue weighted by atomic mass is 10.0. The van der Waals surface area contributed by atoms with E-state index in [0.717, 1.165) is 23.5 Å². The molecule has 1 heterocycles. The van der Waals surface area contributed by atoms with E-state index in [1.165, 1.54) is 6.07 Å². The van der Waals surface area contributed by atoms with Crippen LogP contribution in [0, 0.1) is 17.5 Å². The van der Waals surface area contributed by atoms with Crippen molar-refractivity contribution >= 4 is 34.5 Å². The van der Waals surface area contributed by atoms with E-state index in [1.54, 1.807) is 0 Å². The highest BCUT2D eigenvalue weighted by atomic mass is 35.5. The standard InChI is InChI=1S/C11H6Cl2F3NS/c12-8-3-5(11(13)18-8)10(17)4-1-6(14)9(16)7(15)2-4/h1-3,10H,17H2. The van der Waals surface area contributed by atoms with Crippen LogP contribution < -0.4 is 5.73 Å². The van der Waals surface area contributed by atoms with Gasteiger partial charge in [0.1, 0.15) is 0 Å². The van der Waals surface area contributed by atoms with Gasteiger partial charge in [0.25, 0.3) is 0 Å². The van der Waals surface area contributed by atoms with E-state index in [0.29, 0.717) is 14.2 Å². The fourth-order valence-corrected chi connectivity index (χ4v) is 3.05. The Morgan fingerprint density at radius 3 is 2.06 bits per heavy atom. The molecule has 96 valence electrons. The molecule has 0 radical (unpaired) electrons. The van der Waals surface area contributed by atoms with Crippen molar-refractivity contribution in [1.29, 1.82) is 0 Å². The van der Waals surface area contributed by atoms with Gasteiger partial charge in [-0.3, -0.25) is 0 Å². The maximum Gasteiger partial charge on any atom is 0.194 e. The number of thiophene rings is 1. The molecule has 0 aliphatic rings. The van der Waals surface area contributed by atoms with Crippen LogP contribution >= 0.6 is 34.5 Å². The first kappa shape index (κ1) is 13.7. The Morgan fingerprint density at radius 2 is 1.61 bits per heavy atom. The Morgan fingerprint density at radius 1 is 1.06 bits per heavy atom. The summed E-state index contributed by atoms with van der Waals surface area (Å²) in [5.74, 6) is -4.11. The molecule has 18 heavy (non-hydrogen) atoms. The van der Waals surface area contributed by atoms with Gasteiger partial charge in [0, 0.05) is 5.56 Å². The average Bonchev–Trinajstić information content (AvgIpc) is 2.63. The van der Waals surface area contributed by atoms with Crippen molar-refractivity contribution < 1.29 is 13.2 Å². The second kappa shape index (κ2) is 5.09. The Labute approximate surface area is 115 Å². The van der Waals surface area contributed by atoms with Crippen LogP contribution in [0.4, 0.5) is 13.2 Å². The van der Waals surface area contributed by atoms with Crippen molar-refractivity contribution in [2.75, 3.05) is 0 Å². The zero-order chi connectivity index (χ0) is 13.4. The van der Waals surface area contributed by atoms with E-state index < -0.39 is 23.5 Å². The maximum absolute atomic E-state index is 13.1. The lowest BCUT2D eigenvalue weighted by molar-refractivity contribution is 0.444. The Hall–Kier alpha value is -0.750. The van der Waals surface area contributed by atoms with Crippen LogP contribution in [0.3, 0.4) is 0 Å². The Balaban J connectivity index is 2.46. The summed E-state index contributed by atoms with van der Waals surface area (Å²) in [5, 5.41) is 0. The first-order valence-electron chi connectivity index (χ1n) is 4.75. The molecule has 2 N–H and O–H groups in total. The third-order valence-corrected chi connectivity index (χ3v) is 3.90. The lowest BCUT2D eigenvalue weighted by Crippen LogP contribution is -2.12. The SMILES string of the molecule is NC(c1cc(F)c(F)c(F)c1)c1cc(Cl)sc1Cl. The van der Waals surface area contributed by atoms with Crippen molar-refractivity contribution in [2.24, 2.45) is 5.73 Å². The molecular weight excluding hydrogens is 306 g/mol. The number of rotatable bonds is 2. The zero-order valence-corrected chi connectivity index (χ0v) is 11.0. The molecule has 7 heteroatoms. The molecular formula is C11H6Cl2F3NS. The van der Waals surface area contributed by atoms with Crippen molar-refractivity contribution in [2.45, 2.75) is 6.04 Å². The van der Waals surface area contributed by atoms with Gasteiger partial charge in [-0.15, -0.1) is 11.3 Å². The maximum atomic E-state index is 13.1. The summed E-state index contributed by atoms with van der Waals surface area (Å²) in [6, 6.07) is 2.32. The molecule has 0 amide bonds. The molecule has 0 aliphatic heterocycles. The van der Waals surface area contributed by atoms with Crippen LogP contribution in [0.25, 0.3) is 0 Å². The van der Waals surface area contributed by atoms with Gasteiger partial charge in [-0.05, 0) is 23.8 Å². The molecule has 0 spiro atoms. The van der Waals surface area contributed by atoms with E-state index in [9.17, 15) is 13.2 Å². The normalized spacial score (nSPS) is 12.8. The predicted molar refractivity (Wildman–Crippen MR) is 66.7 cm³/mol. The minimum Gasteiger partial charge on any atom is -0.320 e. The van der Waals surface area contributed by atoms with Crippen molar-refractivity contribution in [3.05, 3.63) is 55.5 Å². The van der Waals surface area contributed by atoms with Gasteiger partial charge in [-0.1, -0.05) is 23.2 Å². The van der Waals surface area contributed by atoms with E-state index in [4.69, 9.17) is 28.9 Å². The van der Waals surface area contributed by atoms with E-state index in [2.05, 4.69) is 0 Å². The highest BCUT2D eigenvalue weighted by molar-refractivity contribution is 7.20. The second-order valence-electron chi connectivity index (χ2n) is 3.56. The topological polar surface area (TPSA) is 26.0 Å². The average molecular weight is 312 g/mol. The Kier molecular flexibility index (Phi) is 3.87. The van der Waals surface area contributed by atoms with E-state index >= 15 is 0 Å². The van der Waals surface area contributed by atoms with Crippen LogP contribution in [0.15, 0.2) is 18.2 Å². The van der Waals surface area contributed by atoms with Gasteiger partial charge in [0.05, 0.1) is 14.7 Å². The van der Waals surface area contributed by atoms with E-state index in [1.807, 2.05) is 0 Å². The molecule has 1 atom stereocenters. The minimum atomic E-state index is -1.53. The van der Waals surface area contributed by atoms with Gasteiger partial charge in [0.15, 0.2) is 17.5 Å². The summed E-state index contributed by atoms with van der Waals surface area (Å²) in [6.45, 7) is 0. The number of benzene rings is 1. The summed E-state index contributed by atoms with van der Waals surface area (Å²) < 4.78 is 39.8. The van der Waals surface area contributed by atoms with Crippen molar-refractivity contribution in [3.8, 4) is 0 Å². The van der Waals surface area contributed by atoms with Gasteiger partial charge < -0.3 is 5.73 Å². The van der Waals surface area contributed by atoms with Crippen LogP contribution in [-0.2, 0) is 0 Å². The molecule has 1 nitrogen and oxygen atoms in total. The number of halogens is 5. The second-order valence-corrected chi connectivity index (χ2v) is 5.84. The molecule has 0 fully saturated rings. The minimum absolute atomic E-state index is 0.0859. The largest absolute Gasteiger partial charge is 0.320 e. The zero-order valence-electron chi connectivity index (χ0n) is 8.68. The first-order chi connectivity index (χ1) is 8.40. The van der Waals surface area contributed by atoms with Gasteiger partial charge in [0.2, 0.25) is 0 Å². The fourth-order valence-electron chi connectivity index (χ4n) is 1.50. The van der Waals surface area contributed by atoms with Crippen LogP contribution in [0.1, 0.15) is 17.2 Å². The first-order valence-corrected chi connectivity index (χ1v) is 6.32. The quantitative estimate of drug-likeness (QED) is 0.811. The molecule has 0 saturated carbocycles. The highest BCUT2D eigenvalue weighted by Gasteiger charge is 2.19. The number of hydrogen-bond acceptors (Lipinski definition) is 2. The molecule has 0 aliphatic carbocycles. The third-order valence-electron chi connectivity index (χ3n) is 2.38. The molecule has 2 rings (SSSR count). The van der Waals surface area contributed by atoms with Gasteiger partial charge in [-0.2, -0.15) is 0 Å². The summed E-state index contributed by atoms with van der Waals surface area (Å²) in [5.41, 5.74) is 6.35. The van der Waals surface area contributed by atoms with Crippen LogP contribution in [-0.4, -0.2) is 0 Å². The van der Waals surface area contributed by atoms with E-state index in [-0.39, 0.29) is 5.56 Å². The lowest BCUT2D eigenvalue weighted by Gasteiger charge is -2.12. The third kappa shape index (κ3) is 2.49. The van der Waals surface area contributed by atoms with Gasteiger partial charge >= 0.3 is 0 Å². The number of nitrogens with two attached hydrogens (primary N) is 1. The molecule has 0 bridgehead atoms. The predicted octanol–water partition coefficient (Wildman–Crippen LogP) is 4.52. The van der Waals surface area contributed by atoms with Crippen molar-refractivity contribution in [3.63, 3.8) is 0 Å². The molecule has 1 aromatic heterocycles. The fraction of sp³-hybridized carbons (Fsp3) is 0.0909. The molecule has 1 aromatic carbocycles. The molecule has 2 aromatic rings. The summed E-state index contributed by atoms with van der Waals surface area (Å²) in [6.07, 6.45) is 0. The smallest absolute Gasteiger partial charge is 0.194 e. The van der Waals surface area contributed by atoms with Crippen LogP contribution in [0.2, 0.25) is 8.67 Å². The van der Waals surface area contributed by atoms with Gasteiger partial charge in [-0.25, -0.2) is 13.2 Å². The highest BCUT2D eigenvalue weighted by Crippen LogP contribution is 2.36. The van der Waals surface area contributed by atoms with Crippen molar-refractivity contribution in [1.82, 2.24) is 0 Å².